The molecule has 1 aliphatic heterocycles. The molecule has 0 aromatic rings. The van der Waals surface area contributed by atoms with Crippen molar-refractivity contribution in [2.75, 3.05) is 46.6 Å². The predicted octanol–water partition coefficient (Wildman–Crippen LogP) is -6.39. The number of urea groups is 1. The van der Waals surface area contributed by atoms with E-state index in [4.69, 9.17) is 17.3 Å². The quantitative estimate of drug-likeness (QED) is 0.0161. The number of aliphatic imine (C=N–C) groups is 1. The number of hydrogen-bond donors (Lipinski definition) is 13. The van der Waals surface area contributed by atoms with Crippen molar-refractivity contribution in [1.82, 2.24) is 52.4 Å². The second kappa shape index (κ2) is 26.3. The number of guanidine groups is 1. The highest BCUT2D eigenvalue weighted by molar-refractivity contribution is 6.40. The van der Waals surface area contributed by atoms with Gasteiger partial charge in [-0.25, -0.2) is 10.2 Å². The van der Waals surface area contributed by atoms with Crippen LogP contribution >= 0.6 is 0 Å². The van der Waals surface area contributed by atoms with E-state index in [9.17, 15) is 58.2 Å². The Hall–Kier alpha value is -5.99. The van der Waals surface area contributed by atoms with Crippen LogP contribution in [-0.4, -0.2) is 168 Å². The number of likely N-dealkylation sites (N-methyl/N-ethyl adjacent to an activating group) is 1. The maximum atomic E-state index is 14.1. The van der Waals surface area contributed by atoms with E-state index in [1.165, 1.54) is 18.9 Å². The molecule has 344 valence electrons. The number of carbonyl (C=O) groups excluding carboxylic acids is 9. The molecule has 1 rings (SSSR count). The first-order valence-electron chi connectivity index (χ1n) is 19.4. The van der Waals surface area contributed by atoms with E-state index in [-0.39, 0.29) is 50.9 Å². The average molecular weight is 871 g/mol. The highest BCUT2D eigenvalue weighted by atomic mass is 16.4. The molecule has 0 aliphatic carbocycles. The molecule has 0 aromatic carbocycles. The highest BCUT2D eigenvalue weighted by Gasteiger charge is 2.36. The number of hydrogen-bond acceptors (Lipinski definition) is 15. The predicted molar refractivity (Wildman–Crippen MR) is 216 cm³/mol. The molecular weight excluding hydrogens is 808 g/mol. The summed E-state index contributed by atoms with van der Waals surface area (Å²) in [5, 5.41) is 36.3. The Labute approximate surface area is 352 Å². The van der Waals surface area contributed by atoms with E-state index >= 15 is 0 Å². The summed E-state index contributed by atoms with van der Waals surface area (Å²) in [6.07, 6.45) is -2.19. The Morgan fingerprint density at radius 1 is 0.869 bits per heavy atom. The molecule has 26 heteroatoms. The van der Waals surface area contributed by atoms with Crippen LogP contribution in [0.1, 0.15) is 60.3 Å². The van der Waals surface area contributed by atoms with Crippen LogP contribution in [0.15, 0.2) is 4.99 Å². The molecule has 1 aliphatic rings. The molecule has 6 atom stereocenters. The SMILES string of the molecule is CC(C)CC1NC(=O)[C@H](C(C)C)NC(=O)C(CC(=O)O)NC(=O)[C@H](CCCN=C(N)N)NC(=O)CN(C)CNC(=O)NCN(CC(=O)NCC(=O)C(=O)[C@@H](NN)[C@@H](C)O)C1=O. The topological polar surface area (TPSA) is 404 Å². The lowest BCUT2D eigenvalue weighted by Gasteiger charge is -2.31. The van der Waals surface area contributed by atoms with Crippen LogP contribution in [0.3, 0.4) is 0 Å². The van der Waals surface area contributed by atoms with Crippen molar-refractivity contribution < 1.29 is 58.2 Å². The number of ketones is 2. The van der Waals surface area contributed by atoms with Gasteiger partial charge in [-0.05, 0) is 45.1 Å². The third kappa shape index (κ3) is 19.7. The van der Waals surface area contributed by atoms with E-state index in [1.807, 2.05) is 5.43 Å². The summed E-state index contributed by atoms with van der Waals surface area (Å²) in [7, 11) is 1.44. The van der Waals surface area contributed by atoms with Crippen molar-refractivity contribution in [3.8, 4) is 0 Å². The van der Waals surface area contributed by atoms with Gasteiger partial charge in [0, 0.05) is 6.54 Å². The number of aliphatic hydroxyl groups is 1. The van der Waals surface area contributed by atoms with Crippen molar-refractivity contribution in [1.29, 1.82) is 0 Å². The van der Waals surface area contributed by atoms with Crippen LogP contribution in [0.2, 0.25) is 0 Å². The van der Waals surface area contributed by atoms with Crippen LogP contribution in [0.25, 0.3) is 0 Å². The lowest BCUT2D eigenvalue weighted by atomic mass is 9.99. The van der Waals surface area contributed by atoms with Crippen LogP contribution in [0.5, 0.6) is 0 Å². The van der Waals surface area contributed by atoms with Crippen molar-refractivity contribution in [2.24, 2.45) is 34.1 Å². The maximum Gasteiger partial charge on any atom is 0.317 e. The Morgan fingerprint density at radius 2 is 1.48 bits per heavy atom. The Bertz CT molecular complexity index is 1620. The lowest BCUT2D eigenvalue weighted by molar-refractivity contribution is -0.142. The standard InChI is InChI=1S/C35H62N14O12/c1-17(2)10-22-33(60)49(14-24(52)40-12-23(51)29(56)28(47-38)19(5)50)16-42-35(61)41-15-48(6)13-25(53)43-20(8-7-9-39-34(36)37)30(57)44-21(11-26(54)55)31(58)46-27(18(3)4)32(59)45-22/h17-22,27-28,47,50H,7-16,38H2,1-6H3,(H,40,52)(H,43,53)(H,44,57)(H,45,59)(H,46,58)(H,54,55)(H4,36,37,39)(H2,41,42,61)/t19-,20+,21?,22?,27+,28+/m1/s1. The first-order valence-corrected chi connectivity index (χ1v) is 19.4. The van der Waals surface area contributed by atoms with Gasteiger partial charge >= 0.3 is 12.0 Å². The van der Waals surface area contributed by atoms with Gasteiger partial charge in [0.25, 0.3) is 0 Å². The minimum Gasteiger partial charge on any atom is -0.481 e. The number of carbonyl (C=O) groups is 10. The molecule has 1 heterocycles. The number of Topliss-reactive ketones (excluding diaryl/α,β-unsaturated/α-hetero) is 2. The zero-order valence-corrected chi connectivity index (χ0v) is 35.2. The zero-order valence-electron chi connectivity index (χ0n) is 35.2. The maximum absolute atomic E-state index is 14.1. The third-order valence-corrected chi connectivity index (χ3v) is 8.84. The van der Waals surface area contributed by atoms with E-state index in [2.05, 4.69) is 42.2 Å². The molecule has 0 spiro atoms. The van der Waals surface area contributed by atoms with Crippen LogP contribution in [0, 0.1) is 11.8 Å². The number of nitrogens with one attached hydrogen (secondary N) is 8. The average Bonchev–Trinajstić information content (AvgIpc) is 3.15. The van der Waals surface area contributed by atoms with Crippen LogP contribution in [-0.2, 0) is 43.2 Å². The first-order chi connectivity index (χ1) is 28.5. The number of aliphatic hydroxyl groups excluding tert-OH is 1. The van der Waals surface area contributed by atoms with Gasteiger partial charge in [-0.3, -0.25) is 58.9 Å². The van der Waals surface area contributed by atoms with Gasteiger partial charge in [0.1, 0.15) is 36.8 Å². The molecule has 2 unspecified atom stereocenters. The largest absolute Gasteiger partial charge is 0.481 e. The highest BCUT2D eigenvalue weighted by Crippen LogP contribution is 2.12. The second-order valence-electron chi connectivity index (χ2n) is 15.1. The first kappa shape index (κ1) is 53.0. The van der Waals surface area contributed by atoms with Gasteiger partial charge < -0.3 is 63.8 Å². The van der Waals surface area contributed by atoms with Crippen molar-refractivity contribution in [3.05, 3.63) is 0 Å². The number of carboxylic acids is 1. The fraction of sp³-hybridized carbons (Fsp3) is 0.686. The summed E-state index contributed by atoms with van der Waals surface area (Å²) in [4.78, 5) is 137. The van der Waals surface area contributed by atoms with Gasteiger partial charge in [-0.2, -0.15) is 0 Å². The zero-order chi connectivity index (χ0) is 46.6. The smallest absolute Gasteiger partial charge is 0.317 e. The number of nitrogens with two attached hydrogens (primary N) is 3. The monoisotopic (exact) mass is 870 g/mol. The summed E-state index contributed by atoms with van der Waals surface area (Å²) in [6, 6.07) is -8.20. The Morgan fingerprint density at radius 3 is 2.03 bits per heavy atom. The molecule has 61 heavy (non-hydrogen) atoms. The van der Waals surface area contributed by atoms with E-state index in [0.29, 0.717) is 0 Å². The summed E-state index contributed by atoms with van der Waals surface area (Å²) in [6.45, 7) is 4.88. The van der Waals surface area contributed by atoms with Gasteiger partial charge in [-0.15, -0.1) is 0 Å². The fourth-order valence-electron chi connectivity index (χ4n) is 5.68. The molecule has 0 bridgehead atoms. The van der Waals surface area contributed by atoms with Gasteiger partial charge in [-0.1, -0.05) is 27.7 Å². The number of amides is 8. The van der Waals surface area contributed by atoms with E-state index in [1.54, 1.807) is 27.7 Å². The molecule has 1 fully saturated rings. The molecule has 26 nitrogen and oxygen atoms in total. The molecular formula is C35H62N14O12. The summed E-state index contributed by atoms with van der Waals surface area (Å²) in [5.41, 5.74) is 12.8. The minimum absolute atomic E-state index is 0.0262. The lowest BCUT2D eigenvalue weighted by Crippen LogP contribution is -2.60. The number of nitrogens with zero attached hydrogens (tertiary/aromatic N) is 3. The molecule has 0 radical (unpaired) electrons. The van der Waals surface area contributed by atoms with Gasteiger partial charge in [0.15, 0.2) is 5.96 Å². The fourth-order valence-corrected chi connectivity index (χ4v) is 5.68. The summed E-state index contributed by atoms with van der Waals surface area (Å²) >= 11 is 0. The molecule has 0 saturated carbocycles. The molecule has 1 saturated heterocycles. The van der Waals surface area contributed by atoms with Gasteiger partial charge in [0.2, 0.25) is 47.0 Å². The number of hydrazine groups is 1. The van der Waals surface area contributed by atoms with E-state index in [0.717, 1.165) is 4.90 Å². The van der Waals surface area contributed by atoms with Crippen molar-refractivity contribution in [3.63, 3.8) is 0 Å². The number of rotatable bonds is 17. The normalized spacial score (nSPS) is 21.6. The summed E-state index contributed by atoms with van der Waals surface area (Å²) < 4.78 is 0. The van der Waals surface area contributed by atoms with Crippen LogP contribution in [0.4, 0.5) is 4.79 Å². The number of carboxylic acid groups (broad SMARTS) is 1. The van der Waals surface area contributed by atoms with Gasteiger partial charge in [0.05, 0.1) is 39.0 Å². The summed E-state index contributed by atoms with van der Waals surface area (Å²) in [5.74, 6) is -5.14. The van der Waals surface area contributed by atoms with E-state index < -0.39 is 127 Å². The van der Waals surface area contributed by atoms with Crippen molar-refractivity contribution in [2.45, 2.75) is 96.6 Å². The minimum atomic E-state index is -1.75. The molecule has 16 N–H and O–H groups in total. The van der Waals surface area contributed by atoms with Crippen LogP contribution < -0.4 is 60.0 Å². The Balaban J connectivity index is 3.61. The number of aliphatic carboxylic acids is 1. The third-order valence-electron chi connectivity index (χ3n) is 8.84. The molecule has 0 aromatic heterocycles. The second-order valence-corrected chi connectivity index (χ2v) is 15.1. The molecule has 8 amide bonds. The Kier molecular flexibility index (Phi) is 22.8. The van der Waals surface area contributed by atoms with Crippen molar-refractivity contribution >= 4 is 65.0 Å².